The van der Waals surface area contributed by atoms with E-state index in [4.69, 9.17) is 4.74 Å². The second-order valence-corrected chi connectivity index (χ2v) is 2.44. The molecular weight excluding hydrogens is 140 g/mol. The summed E-state index contributed by atoms with van der Waals surface area (Å²) in [6, 6.07) is 0. The molecule has 0 saturated carbocycles. The zero-order valence-electron chi connectivity index (χ0n) is 7.52. The summed E-state index contributed by atoms with van der Waals surface area (Å²) < 4.78 is 4.77. The molecule has 0 aromatic heterocycles. The first-order valence-corrected chi connectivity index (χ1v) is 3.98. The van der Waals surface area contributed by atoms with Crippen molar-refractivity contribution < 1.29 is 9.53 Å². The molecule has 0 saturated heterocycles. The second kappa shape index (κ2) is 5.96. The van der Waals surface area contributed by atoms with E-state index in [1.807, 2.05) is 26.8 Å². The first kappa shape index (κ1) is 10.2. The number of allylic oxidation sites excluding steroid dienone is 2. The highest BCUT2D eigenvalue weighted by atomic mass is 16.5. The molecule has 0 rings (SSSR count). The molecule has 0 aliphatic carbocycles. The normalized spacial score (nSPS) is 11.4. The molecule has 0 bridgehead atoms. The summed E-state index contributed by atoms with van der Waals surface area (Å²) in [5.74, 6) is -0.103. The third-order valence-electron chi connectivity index (χ3n) is 1.52. The van der Waals surface area contributed by atoms with Gasteiger partial charge in [-0.15, -0.1) is 0 Å². The van der Waals surface area contributed by atoms with E-state index in [2.05, 4.69) is 0 Å². The summed E-state index contributed by atoms with van der Waals surface area (Å²) in [5, 5.41) is 0. The van der Waals surface area contributed by atoms with Crippen LogP contribution in [0.4, 0.5) is 0 Å². The van der Waals surface area contributed by atoms with Crippen LogP contribution in [0.5, 0.6) is 0 Å². The third-order valence-corrected chi connectivity index (χ3v) is 1.52. The Bertz CT molecular complexity index is 148. The fourth-order valence-corrected chi connectivity index (χ4v) is 0.677. The molecule has 0 amide bonds. The molecular formula is C9H16O2. The van der Waals surface area contributed by atoms with Gasteiger partial charge >= 0.3 is 5.97 Å². The lowest BCUT2D eigenvalue weighted by molar-refractivity contribution is -0.143. The molecule has 0 atom stereocenters. The quantitative estimate of drug-likeness (QED) is 0.461. The van der Waals surface area contributed by atoms with Gasteiger partial charge in [-0.25, -0.2) is 0 Å². The van der Waals surface area contributed by atoms with Gasteiger partial charge in [0.25, 0.3) is 0 Å². The van der Waals surface area contributed by atoms with Gasteiger partial charge in [0.15, 0.2) is 0 Å². The predicted octanol–water partition coefficient (Wildman–Crippen LogP) is 2.30. The van der Waals surface area contributed by atoms with E-state index in [0.29, 0.717) is 13.0 Å². The second-order valence-electron chi connectivity index (χ2n) is 2.44. The van der Waals surface area contributed by atoms with E-state index < -0.39 is 0 Å². The molecule has 64 valence electrons. The maximum absolute atomic E-state index is 10.8. The topological polar surface area (TPSA) is 26.3 Å². The molecule has 0 fully saturated rings. The number of hydrogen-bond acceptors (Lipinski definition) is 2. The van der Waals surface area contributed by atoms with E-state index in [1.54, 1.807) is 0 Å². The summed E-state index contributed by atoms with van der Waals surface area (Å²) in [7, 11) is 0. The van der Waals surface area contributed by atoms with Gasteiger partial charge in [-0.3, -0.25) is 4.79 Å². The van der Waals surface area contributed by atoms with Gasteiger partial charge in [0.2, 0.25) is 0 Å². The van der Waals surface area contributed by atoms with Crippen molar-refractivity contribution in [2.75, 3.05) is 6.61 Å². The molecule has 2 heteroatoms. The van der Waals surface area contributed by atoms with Gasteiger partial charge in [-0.1, -0.05) is 11.6 Å². The minimum atomic E-state index is -0.103. The molecule has 0 aliphatic rings. The molecule has 0 N–H and O–H groups in total. The Morgan fingerprint density at radius 2 is 2.09 bits per heavy atom. The lowest BCUT2D eigenvalue weighted by Crippen LogP contribution is -2.03. The van der Waals surface area contributed by atoms with Crippen LogP contribution < -0.4 is 0 Å². The summed E-state index contributed by atoms with van der Waals surface area (Å²) in [4.78, 5) is 10.8. The van der Waals surface area contributed by atoms with Gasteiger partial charge in [-0.05, 0) is 27.2 Å². The van der Waals surface area contributed by atoms with Crippen molar-refractivity contribution in [2.24, 2.45) is 0 Å². The van der Waals surface area contributed by atoms with Crippen molar-refractivity contribution in [2.45, 2.75) is 33.6 Å². The van der Waals surface area contributed by atoms with Crippen LogP contribution in [0.15, 0.2) is 11.6 Å². The SMILES string of the molecule is C/C=C(\C)CCC(=O)OCC. The number of carbonyl (C=O) groups excluding carboxylic acids is 1. The number of esters is 1. The van der Waals surface area contributed by atoms with Crippen molar-refractivity contribution in [1.29, 1.82) is 0 Å². The number of rotatable bonds is 4. The fourth-order valence-electron chi connectivity index (χ4n) is 0.677. The minimum absolute atomic E-state index is 0.103. The first-order valence-electron chi connectivity index (χ1n) is 3.98. The van der Waals surface area contributed by atoms with Gasteiger partial charge in [0.1, 0.15) is 0 Å². The molecule has 0 spiro atoms. The van der Waals surface area contributed by atoms with Crippen LogP contribution in [0.1, 0.15) is 33.6 Å². The summed E-state index contributed by atoms with van der Waals surface area (Å²) >= 11 is 0. The van der Waals surface area contributed by atoms with Crippen molar-refractivity contribution in [3.63, 3.8) is 0 Å². The number of hydrogen-bond donors (Lipinski definition) is 0. The third kappa shape index (κ3) is 5.64. The van der Waals surface area contributed by atoms with Gasteiger partial charge < -0.3 is 4.74 Å². The van der Waals surface area contributed by atoms with E-state index in [0.717, 1.165) is 6.42 Å². The van der Waals surface area contributed by atoms with Crippen molar-refractivity contribution in [3.05, 3.63) is 11.6 Å². The van der Waals surface area contributed by atoms with Crippen LogP contribution in [0.2, 0.25) is 0 Å². The summed E-state index contributed by atoms with van der Waals surface area (Å²) in [5.41, 5.74) is 1.23. The Hall–Kier alpha value is -0.790. The molecule has 0 aromatic rings. The summed E-state index contributed by atoms with van der Waals surface area (Å²) in [6.45, 7) is 6.29. The van der Waals surface area contributed by atoms with E-state index in [-0.39, 0.29) is 5.97 Å². The Kier molecular flexibility index (Phi) is 5.53. The molecule has 0 radical (unpaired) electrons. The van der Waals surface area contributed by atoms with Gasteiger partial charge in [0.05, 0.1) is 6.61 Å². The van der Waals surface area contributed by atoms with E-state index in [9.17, 15) is 4.79 Å². The van der Waals surface area contributed by atoms with Crippen LogP contribution in [-0.2, 0) is 9.53 Å². The Labute approximate surface area is 68.2 Å². The average molecular weight is 156 g/mol. The highest BCUT2D eigenvalue weighted by Crippen LogP contribution is 2.03. The minimum Gasteiger partial charge on any atom is -0.466 e. The Morgan fingerprint density at radius 3 is 2.55 bits per heavy atom. The van der Waals surface area contributed by atoms with Crippen LogP contribution >= 0.6 is 0 Å². The largest absolute Gasteiger partial charge is 0.466 e. The van der Waals surface area contributed by atoms with Gasteiger partial charge in [-0.2, -0.15) is 0 Å². The smallest absolute Gasteiger partial charge is 0.306 e. The predicted molar refractivity (Wildman–Crippen MR) is 45.3 cm³/mol. The Morgan fingerprint density at radius 1 is 1.45 bits per heavy atom. The average Bonchev–Trinajstić information content (AvgIpc) is 2.01. The molecule has 0 unspecified atom stereocenters. The number of carbonyl (C=O) groups is 1. The molecule has 0 aliphatic heterocycles. The standard InChI is InChI=1S/C9H16O2/c1-4-8(3)6-7-9(10)11-5-2/h4H,5-7H2,1-3H3/b8-4+. The van der Waals surface area contributed by atoms with E-state index in [1.165, 1.54) is 5.57 Å². The highest BCUT2D eigenvalue weighted by molar-refractivity contribution is 5.69. The van der Waals surface area contributed by atoms with Crippen molar-refractivity contribution in [3.8, 4) is 0 Å². The van der Waals surface area contributed by atoms with Crippen molar-refractivity contribution >= 4 is 5.97 Å². The zero-order valence-corrected chi connectivity index (χ0v) is 7.52. The van der Waals surface area contributed by atoms with Crippen LogP contribution in [-0.4, -0.2) is 12.6 Å². The molecule has 11 heavy (non-hydrogen) atoms. The van der Waals surface area contributed by atoms with E-state index >= 15 is 0 Å². The Balaban J connectivity index is 3.46. The van der Waals surface area contributed by atoms with Crippen LogP contribution in [0, 0.1) is 0 Å². The first-order chi connectivity index (χ1) is 5.20. The molecule has 0 aromatic carbocycles. The fraction of sp³-hybridized carbons (Fsp3) is 0.667. The molecule has 0 heterocycles. The van der Waals surface area contributed by atoms with Gasteiger partial charge in [0, 0.05) is 6.42 Å². The van der Waals surface area contributed by atoms with Crippen LogP contribution in [0.25, 0.3) is 0 Å². The maximum atomic E-state index is 10.8. The lowest BCUT2D eigenvalue weighted by atomic mass is 10.1. The molecule has 2 nitrogen and oxygen atoms in total. The monoisotopic (exact) mass is 156 g/mol. The summed E-state index contributed by atoms with van der Waals surface area (Å²) in [6.07, 6.45) is 3.33. The number of ether oxygens (including phenoxy) is 1. The zero-order chi connectivity index (χ0) is 8.69. The lowest BCUT2D eigenvalue weighted by Gasteiger charge is -2.00. The highest BCUT2D eigenvalue weighted by Gasteiger charge is 2.00. The van der Waals surface area contributed by atoms with Crippen molar-refractivity contribution in [1.82, 2.24) is 0 Å². The maximum Gasteiger partial charge on any atom is 0.306 e. The van der Waals surface area contributed by atoms with Crippen LogP contribution in [0.3, 0.4) is 0 Å².